The molecular formula is C20H25N7O. The molecule has 2 fully saturated rings. The van der Waals surface area contributed by atoms with Crippen LogP contribution in [0.1, 0.15) is 18.4 Å². The molecule has 5 rings (SSSR count). The molecule has 28 heavy (non-hydrogen) atoms. The maximum absolute atomic E-state index is 5.45. The second-order valence-corrected chi connectivity index (χ2v) is 7.54. The van der Waals surface area contributed by atoms with Gasteiger partial charge in [-0.1, -0.05) is 0 Å². The van der Waals surface area contributed by atoms with E-state index in [9.17, 15) is 0 Å². The van der Waals surface area contributed by atoms with Crippen LogP contribution in [-0.2, 0) is 4.74 Å². The molecule has 1 aliphatic heterocycles. The van der Waals surface area contributed by atoms with Crippen LogP contribution in [0.2, 0.25) is 0 Å². The monoisotopic (exact) mass is 379 g/mol. The summed E-state index contributed by atoms with van der Waals surface area (Å²) >= 11 is 0. The van der Waals surface area contributed by atoms with Crippen LogP contribution in [0, 0.1) is 12.8 Å². The van der Waals surface area contributed by atoms with E-state index in [4.69, 9.17) is 4.74 Å². The van der Waals surface area contributed by atoms with Gasteiger partial charge in [0.1, 0.15) is 5.52 Å². The van der Waals surface area contributed by atoms with Crippen molar-refractivity contribution < 1.29 is 4.74 Å². The number of imidazole rings is 1. The lowest BCUT2D eigenvalue weighted by Gasteiger charge is -2.29. The Kier molecular flexibility index (Phi) is 4.48. The summed E-state index contributed by atoms with van der Waals surface area (Å²) in [5.74, 6) is 2.11. The minimum Gasteiger partial charge on any atom is -0.378 e. The maximum atomic E-state index is 5.45. The van der Waals surface area contributed by atoms with Crippen LogP contribution in [-0.4, -0.2) is 52.8 Å². The second kappa shape index (κ2) is 7.27. The van der Waals surface area contributed by atoms with Crippen molar-refractivity contribution in [2.45, 2.75) is 19.8 Å². The average molecular weight is 379 g/mol. The summed E-state index contributed by atoms with van der Waals surface area (Å²) in [6, 6.07) is 6.44. The fourth-order valence-electron chi connectivity index (χ4n) is 3.50. The topological polar surface area (TPSA) is 91.0 Å². The first kappa shape index (κ1) is 17.2. The first-order valence-electron chi connectivity index (χ1n) is 9.91. The highest BCUT2D eigenvalue weighted by Gasteiger charge is 2.22. The van der Waals surface area contributed by atoms with Gasteiger partial charge in [-0.2, -0.15) is 9.97 Å². The standard InChI is InChI=1S/C20H25N7O/c1-13-10-15(27-6-8-28-9-7-27)4-5-16(13)24-20-25-18(21-11-14-2-3-14)17-19(26-20)23-12-22-17/h4-5,10,12,14H,2-3,6-9,11H2,1H3,(H3,21,22,23,24,25,26). The smallest absolute Gasteiger partial charge is 0.231 e. The van der Waals surface area contributed by atoms with Crippen LogP contribution in [0.25, 0.3) is 11.2 Å². The summed E-state index contributed by atoms with van der Waals surface area (Å²) in [7, 11) is 0. The molecule has 0 radical (unpaired) electrons. The van der Waals surface area contributed by atoms with Gasteiger partial charge in [0.15, 0.2) is 11.5 Å². The Morgan fingerprint density at radius 2 is 2.07 bits per heavy atom. The van der Waals surface area contributed by atoms with Gasteiger partial charge in [-0.15, -0.1) is 0 Å². The number of aromatic nitrogens is 4. The molecule has 0 amide bonds. The van der Waals surface area contributed by atoms with Gasteiger partial charge in [0.2, 0.25) is 5.95 Å². The number of morpholine rings is 1. The summed E-state index contributed by atoms with van der Waals surface area (Å²) in [6.07, 6.45) is 4.25. The Morgan fingerprint density at radius 3 is 2.86 bits per heavy atom. The van der Waals surface area contributed by atoms with Crippen molar-refractivity contribution >= 4 is 34.3 Å². The Labute approximate surface area is 163 Å². The molecule has 146 valence electrons. The largest absolute Gasteiger partial charge is 0.378 e. The van der Waals surface area contributed by atoms with E-state index in [1.165, 1.54) is 18.5 Å². The molecule has 0 unspecified atom stereocenters. The molecular weight excluding hydrogens is 354 g/mol. The predicted octanol–water partition coefficient (Wildman–Crippen LogP) is 3.06. The third-order valence-corrected chi connectivity index (χ3v) is 5.37. The number of hydrogen-bond donors (Lipinski definition) is 3. The molecule has 3 heterocycles. The number of benzene rings is 1. The molecule has 3 N–H and O–H groups in total. The summed E-state index contributed by atoms with van der Waals surface area (Å²) in [5, 5.41) is 6.81. The van der Waals surface area contributed by atoms with E-state index in [0.717, 1.165) is 67.0 Å². The number of nitrogens with zero attached hydrogens (tertiary/aromatic N) is 4. The lowest BCUT2D eigenvalue weighted by Crippen LogP contribution is -2.36. The maximum Gasteiger partial charge on any atom is 0.231 e. The number of ether oxygens (including phenoxy) is 1. The van der Waals surface area contributed by atoms with Crippen LogP contribution in [0.4, 0.5) is 23.1 Å². The average Bonchev–Trinajstić information content (AvgIpc) is 3.43. The van der Waals surface area contributed by atoms with Gasteiger partial charge in [0, 0.05) is 31.0 Å². The number of aromatic amines is 1. The van der Waals surface area contributed by atoms with Crippen molar-refractivity contribution in [2.24, 2.45) is 5.92 Å². The van der Waals surface area contributed by atoms with E-state index in [2.05, 4.69) is 60.6 Å². The highest BCUT2D eigenvalue weighted by molar-refractivity contribution is 5.84. The summed E-state index contributed by atoms with van der Waals surface area (Å²) in [4.78, 5) is 19.1. The SMILES string of the molecule is Cc1cc(N2CCOCC2)ccc1Nc1nc(NCC2CC2)c2nc[nH]c2n1. The fraction of sp³-hybridized carbons (Fsp3) is 0.450. The van der Waals surface area contributed by atoms with E-state index in [-0.39, 0.29) is 0 Å². The van der Waals surface area contributed by atoms with Gasteiger partial charge in [0.25, 0.3) is 0 Å². The first-order valence-corrected chi connectivity index (χ1v) is 9.91. The summed E-state index contributed by atoms with van der Waals surface area (Å²) in [6.45, 7) is 6.48. The number of fused-ring (bicyclic) bond motifs is 1. The lowest BCUT2D eigenvalue weighted by atomic mass is 10.1. The molecule has 8 nitrogen and oxygen atoms in total. The Hall–Kier alpha value is -2.87. The van der Waals surface area contributed by atoms with E-state index < -0.39 is 0 Å². The summed E-state index contributed by atoms with van der Waals surface area (Å²) in [5.41, 5.74) is 4.90. The number of rotatable bonds is 6. The number of nitrogens with one attached hydrogen (secondary N) is 3. The van der Waals surface area contributed by atoms with Crippen LogP contribution in [0.15, 0.2) is 24.5 Å². The van der Waals surface area contributed by atoms with Crippen LogP contribution < -0.4 is 15.5 Å². The normalized spacial score (nSPS) is 17.1. The van der Waals surface area contributed by atoms with Gasteiger partial charge in [-0.3, -0.25) is 0 Å². The lowest BCUT2D eigenvalue weighted by molar-refractivity contribution is 0.122. The molecule has 0 spiro atoms. The minimum atomic E-state index is 0.567. The van der Waals surface area contributed by atoms with E-state index in [0.29, 0.717) is 5.95 Å². The number of anilines is 4. The van der Waals surface area contributed by atoms with Crippen molar-refractivity contribution in [1.82, 2.24) is 19.9 Å². The zero-order valence-corrected chi connectivity index (χ0v) is 16.0. The van der Waals surface area contributed by atoms with Crippen molar-refractivity contribution in [3.63, 3.8) is 0 Å². The minimum absolute atomic E-state index is 0.567. The Bertz CT molecular complexity index is 976. The highest BCUT2D eigenvalue weighted by atomic mass is 16.5. The van der Waals surface area contributed by atoms with E-state index in [1.807, 2.05) is 0 Å². The molecule has 2 aromatic heterocycles. The molecule has 0 atom stereocenters. The van der Waals surface area contributed by atoms with Gasteiger partial charge >= 0.3 is 0 Å². The number of hydrogen-bond acceptors (Lipinski definition) is 7. The van der Waals surface area contributed by atoms with Crippen LogP contribution in [0.3, 0.4) is 0 Å². The third kappa shape index (κ3) is 3.60. The Balaban J connectivity index is 1.38. The molecule has 0 bridgehead atoms. The van der Waals surface area contributed by atoms with Gasteiger partial charge in [-0.05, 0) is 49.4 Å². The van der Waals surface area contributed by atoms with Crippen LogP contribution >= 0.6 is 0 Å². The molecule has 8 heteroatoms. The van der Waals surface area contributed by atoms with Crippen molar-refractivity contribution in [3.8, 4) is 0 Å². The van der Waals surface area contributed by atoms with Crippen molar-refractivity contribution in [2.75, 3.05) is 48.4 Å². The fourth-order valence-corrected chi connectivity index (χ4v) is 3.50. The summed E-state index contributed by atoms with van der Waals surface area (Å²) < 4.78 is 5.45. The second-order valence-electron chi connectivity index (χ2n) is 7.54. The number of H-pyrrole nitrogens is 1. The quantitative estimate of drug-likeness (QED) is 0.606. The molecule has 1 aromatic carbocycles. The van der Waals surface area contributed by atoms with Gasteiger partial charge in [0.05, 0.1) is 19.5 Å². The predicted molar refractivity (Wildman–Crippen MR) is 110 cm³/mol. The zero-order chi connectivity index (χ0) is 18.9. The third-order valence-electron chi connectivity index (χ3n) is 5.37. The van der Waals surface area contributed by atoms with Gasteiger partial charge in [-0.25, -0.2) is 4.98 Å². The van der Waals surface area contributed by atoms with E-state index in [1.54, 1.807) is 6.33 Å². The molecule has 1 aliphatic carbocycles. The molecule has 2 aliphatic rings. The Morgan fingerprint density at radius 1 is 1.21 bits per heavy atom. The molecule has 1 saturated heterocycles. The van der Waals surface area contributed by atoms with Crippen molar-refractivity contribution in [3.05, 3.63) is 30.1 Å². The van der Waals surface area contributed by atoms with E-state index >= 15 is 0 Å². The van der Waals surface area contributed by atoms with Crippen LogP contribution in [0.5, 0.6) is 0 Å². The first-order chi connectivity index (χ1) is 13.8. The number of aryl methyl sites for hydroxylation is 1. The zero-order valence-electron chi connectivity index (χ0n) is 16.0. The van der Waals surface area contributed by atoms with Crippen molar-refractivity contribution in [1.29, 1.82) is 0 Å². The van der Waals surface area contributed by atoms with Gasteiger partial charge < -0.3 is 25.3 Å². The highest BCUT2D eigenvalue weighted by Crippen LogP contribution is 2.30. The molecule has 3 aromatic rings. The molecule has 1 saturated carbocycles.